The first kappa shape index (κ1) is 14.1. The van der Waals surface area contributed by atoms with E-state index in [2.05, 4.69) is 15.9 Å². The minimum atomic E-state index is -0.385. The van der Waals surface area contributed by atoms with Gasteiger partial charge in [-0.15, -0.1) is 0 Å². The van der Waals surface area contributed by atoms with E-state index in [-0.39, 0.29) is 11.7 Å². The topological polar surface area (TPSA) is 20.3 Å². The Labute approximate surface area is 127 Å². The molecule has 2 aliphatic rings. The molecular weight excluding hydrogens is 321 g/mol. The summed E-state index contributed by atoms with van der Waals surface area (Å²) in [4.78, 5) is 14.1. The Balaban J connectivity index is 1.65. The van der Waals surface area contributed by atoms with Gasteiger partial charge in [-0.3, -0.25) is 4.79 Å². The zero-order valence-electron chi connectivity index (χ0n) is 11.6. The predicted octanol–water partition coefficient (Wildman–Crippen LogP) is 4.10. The smallest absolute Gasteiger partial charge is 0.253 e. The molecule has 0 saturated heterocycles. The molecule has 0 heterocycles. The highest BCUT2D eigenvalue weighted by Gasteiger charge is 2.40. The summed E-state index contributed by atoms with van der Waals surface area (Å²) in [5.41, 5.74) is 0.427. The van der Waals surface area contributed by atoms with Crippen molar-refractivity contribution in [2.75, 3.05) is 13.6 Å². The van der Waals surface area contributed by atoms with Crippen molar-refractivity contribution in [3.63, 3.8) is 0 Å². The van der Waals surface area contributed by atoms with Crippen LogP contribution in [0, 0.1) is 23.6 Å². The molecule has 1 aromatic rings. The molecule has 20 heavy (non-hydrogen) atoms. The Morgan fingerprint density at radius 1 is 1.40 bits per heavy atom. The monoisotopic (exact) mass is 339 g/mol. The average Bonchev–Trinajstić information content (AvgIpc) is 3.03. The molecule has 2 saturated carbocycles. The lowest BCUT2D eigenvalue weighted by Gasteiger charge is -2.27. The second-order valence-corrected chi connectivity index (χ2v) is 7.10. The third kappa shape index (κ3) is 2.62. The third-order valence-electron chi connectivity index (χ3n) is 4.91. The van der Waals surface area contributed by atoms with E-state index in [0.29, 0.717) is 16.0 Å². The zero-order chi connectivity index (χ0) is 14.3. The van der Waals surface area contributed by atoms with E-state index in [9.17, 15) is 9.18 Å². The lowest BCUT2D eigenvalue weighted by molar-refractivity contribution is 0.0754. The minimum Gasteiger partial charge on any atom is -0.341 e. The molecule has 3 atom stereocenters. The highest BCUT2D eigenvalue weighted by Crippen LogP contribution is 2.48. The van der Waals surface area contributed by atoms with E-state index in [1.165, 1.54) is 31.7 Å². The van der Waals surface area contributed by atoms with Crippen LogP contribution in [0.15, 0.2) is 22.7 Å². The molecule has 1 aromatic carbocycles. The molecule has 0 aromatic heterocycles. The molecule has 2 bridgehead atoms. The van der Waals surface area contributed by atoms with Gasteiger partial charge in [0.25, 0.3) is 5.91 Å². The molecule has 3 unspecified atom stereocenters. The standard InChI is InChI=1S/C16H19BrFNO/c1-19(9-13-7-10-2-3-11(13)6-10)16(20)12-4-5-14(17)15(18)8-12/h4-5,8,10-11,13H,2-3,6-7,9H2,1H3. The zero-order valence-corrected chi connectivity index (χ0v) is 13.2. The lowest BCUT2D eigenvalue weighted by atomic mass is 9.88. The molecule has 0 spiro atoms. The Hall–Kier alpha value is -0.900. The summed E-state index contributed by atoms with van der Waals surface area (Å²) in [7, 11) is 1.83. The maximum absolute atomic E-state index is 13.5. The van der Waals surface area contributed by atoms with Crippen molar-refractivity contribution in [1.82, 2.24) is 4.90 Å². The number of carbonyl (C=O) groups is 1. The lowest BCUT2D eigenvalue weighted by Crippen LogP contribution is -2.33. The summed E-state index contributed by atoms with van der Waals surface area (Å²) in [6, 6.07) is 4.57. The van der Waals surface area contributed by atoms with Crippen LogP contribution in [0.5, 0.6) is 0 Å². The van der Waals surface area contributed by atoms with Gasteiger partial charge < -0.3 is 4.90 Å². The van der Waals surface area contributed by atoms with Crippen LogP contribution < -0.4 is 0 Å². The van der Waals surface area contributed by atoms with E-state index < -0.39 is 0 Å². The maximum atomic E-state index is 13.5. The van der Waals surface area contributed by atoms with E-state index in [1.807, 2.05) is 7.05 Å². The van der Waals surface area contributed by atoms with Crippen molar-refractivity contribution >= 4 is 21.8 Å². The summed E-state index contributed by atoms with van der Waals surface area (Å²) in [6.45, 7) is 0.803. The number of hydrogen-bond donors (Lipinski definition) is 0. The van der Waals surface area contributed by atoms with Gasteiger partial charge in [0, 0.05) is 19.2 Å². The molecule has 0 radical (unpaired) electrons. The highest BCUT2D eigenvalue weighted by atomic mass is 79.9. The largest absolute Gasteiger partial charge is 0.341 e. The Morgan fingerprint density at radius 2 is 2.20 bits per heavy atom. The molecule has 1 amide bonds. The van der Waals surface area contributed by atoms with E-state index in [1.54, 1.807) is 17.0 Å². The number of fused-ring (bicyclic) bond motifs is 2. The van der Waals surface area contributed by atoms with Crippen LogP contribution >= 0.6 is 15.9 Å². The number of halogens is 2. The average molecular weight is 340 g/mol. The van der Waals surface area contributed by atoms with Gasteiger partial charge in [0.1, 0.15) is 5.82 Å². The maximum Gasteiger partial charge on any atom is 0.253 e. The van der Waals surface area contributed by atoms with Crippen LogP contribution in [0.2, 0.25) is 0 Å². The Morgan fingerprint density at radius 3 is 2.80 bits per heavy atom. The van der Waals surface area contributed by atoms with Crippen molar-refractivity contribution in [3.8, 4) is 0 Å². The fourth-order valence-electron chi connectivity index (χ4n) is 3.88. The molecule has 108 valence electrons. The number of benzene rings is 1. The van der Waals surface area contributed by atoms with Crippen LogP contribution in [0.1, 0.15) is 36.0 Å². The first-order valence-electron chi connectivity index (χ1n) is 7.25. The van der Waals surface area contributed by atoms with Crippen LogP contribution in [0.3, 0.4) is 0 Å². The first-order chi connectivity index (χ1) is 9.54. The normalized spacial score (nSPS) is 27.9. The van der Waals surface area contributed by atoms with Crippen LogP contribution in [0.25, 0.3) is 0 Å². The number of nitrogens with zero attached hydrogens (tertiary/aromatic N) is 1. The quantitative estimate of drug-likeness (QED) is 0.811. The molecule has 4 heteroatoms. The fourth-order valence-corrected chi connectivity index (χ4v) is 4.13. The second kappa shape index (κ2) is 5.47. The molecule has 2 nitrogen and oxygen atoms in total. The van der Waals surface area contributed by atoms with Gasteiger partial charge in [0.2, 0.25) is 0 Å². The second-order valence-electron chi connectivity index (χ2n) is 6.25. The van der Waals surface area contributed by atoms with E-state index in [0.717, 1.165) is 18.4 Å². The summed E-state index contributed by atoms with van der Waals surface area (Å²) < 4.78 is 13.9. The third-order valence-corrected chi connectivity index (χ3v) is 5.55. The highest BCUT2D eigenvalue weighted by molar-refractivity contribution is 9.10. The van der Waals surface area contributed by atoms with Crippen LogP contribution in [-0.4, -0.2) is 24.4 Å². The fraction of sp³-hybridized carbons (Fsp3) is 0.562. The van der Waals surface area contributed by atoms with E-state index in [4.69, 9.17) is 0 Å². The molecule has 2 fully saturated rings. The summed E-state index contributed by atoms with van der Waals surface area (Å²) in [6.07, 6.45) is 5.30. The van der Waals surface area contributed by atoms with Crippen molar-refractivity contribution in [2.24, 2.45) is 17.8 Å². The first-order valence-corrected chi connectivity index (χ1v) is 8.04. The van der Waals surface area contributed by atoms with E-state index >= 15 is 0 Å². The summed E-state index contributed by atoms with van der Waals surface area (Å²) in [5, 5.41) is 0. The number of carbonyl (C=O) groups excluding carboxylic acids is 1. The van der Waals surface area contributed by atoms with Crippen molar-refractivity contribution in [2.45, 2.75) is 25.7 Å². The van der Waals surface area contributed by atoms with Gasteiger partial charge >= 0.3 is 0 Å². The van der Waals surface area contributed by atoms with Gasteiger partial charge in [0.05, 0.1) is 4.47 Å². The molecule has 0 N–H and O–H groups in total. The minimum absolute atomic E-state index is 0.0841. The molecule has 3 rings (SSSR count). The summed E-state index contributed by atoms with van der Waals surface area (Å²) >= 11 is 3.11. The molecular formula is C16H19BrFNO. The van der Waals surface area contributed by atoms with Crippen molar-refractivity contribution in [3.05, 3.63) is 34.1 Å². The van der Waals surface area contributed by atoms with Gasteiger partial charge in [-0.05, 0) is 71.1 Å². The Kier molecular flexibility index (Phi) is 3.85. The Bertz CT molecular complexity index is 533. The van der Waals surface area contributed by atoms with Gasteiger partial charge in [-0.2, -0.15) is 0 Å². The SMILES string of the molecule is CN(CC1CC2CCC1C2)C(=O)c1ccc(Br)c(F)c1. The van der Waals surface area contributed by atoms with Gasteiger partial charge in [-0.25, -0.2) is 4.39 Å². The number of rotatable bonds is 3. The molecule has 0 aliphatic heterocycles. The predicted molar refractivity (Wildman–Crippen MR) is 80.0 cm³/mol. The van der Waals surface area contributed by atoms with Crippen LogP contribution in [-0.2, 0) is 0 Å². The van der Waals surface area contributed by atoms with Crippen molar-refractivity contribution in [1.29, 1.82) is 0 Å². The number of hydrogen-bond acceptors (Lipinski definition) is 1. The number of amides is 1. The molecule has 2 aliphatic carbocycles. The van der Waals surface area contributed by atoms with Crippen LogP contribution in [0.4, 0.5) is 4.39 Å². The summed E-state index contributed by atoms with van der Waals surface area (Å²) in [5.74, 6) is 1.86. The van der Waals surface area contributed by atoms with Gasteiger partial charge in [-0.1, -0.05) is 6.42 Å². The van der Waals surface area contributed by atoms with Crippen molar-refractivity contribution < 1.29 is 9.18 Å². The van der Waals surface area contributed by atoms with Gasteiger partial charge in [0.15, 0.2) is 0 Å².